The van der Waals surface area contributed by atoms with Crippen molar-refractivity contribution < 1.29 is 14.7 Å². The summed E-state index contributed by atoms with van der Waals surface area (Å²) in [6, 6.07) is 25.7. The van der Waals surface area contributed by atoms with Crippen molar-refractivity contribution in [2.24, 2.45) is 4.99 Å². The van der Waals surface area contributed by atoms with Crippen LogP contribution in [-0.2, 0) is 6.54 Å². The van der Waals surface area contributed by atoms with Gasteiger partial charge >= 0.3 is 6.03 Å². The van der Waals surface area contributed by atoms with Gasteiger partial charge in [0.25, 0.3) is 5.91 Å². The fourth-order valence-corrected chi connectivity index (χ4v) is 4.73. The first-order chi connectivity index (χ1) is 20.4. The van der Waals surface area contributed by atoms with E-state index in [-0.39, 0.29) is 30.4 Å². The molecule has 0 bridgehead atoms. The predicted octanol–water partition coefficient (Wildman–Crippen LogP) is 5.94. The number of benzene rings is 3. The van der Waals surface area contributed by atoms with Gasteiger partial charge in [0.2, 0.25) is 0 Å². The van der Waals surface area contributed by atoms with Gasteiger partial charge < -0.3 is 26.0 Å². The maximum atomic E-state index is 13.2. The third-order valence-electron chi connectivity index (χ3n) is 6.80. The summed E-state index contributed by atoms with van der Waals surface area (Å²) in [5, 5.41) is 20.3. The van der Waals surface area contributed by atoms with Crippen LogP contribution in [0.5, 0.6) is 5.88 Å². The number of fused-ring (bicyclic) bond motifs is 1. The van der Waals surface area contributed by atoms with E-state index in [4.69, 9.17) is 4.99 Å². The highest BCUT2D eigenvalue weighted by molar-refractivity contribution is 6.21. The Hall–Kier alpha value is -5.44. The number of pyridine rings is 1. The number of aromatic amines is 1. The molecular weight excluding hydrogens is 528 g/mol. The maximum Gasteiger partial charge on any atom is 0.319 e. The highest BCUT2D eigenvalue weighted by atomic mass is 16.3. The lowest BCUT2D eigenvalue weighted by Gasteiger charge is -2.14. The highest BCUT2D eigenvalue weighted by Gasteiger charge is 2.21. The largest absolute Gasteiger partial charge is 0.494 e. The van der Waals surface area contributed by atoms with E-state index in [1.165, 1.54) is 0 Å². The molecule has 5 rings (SSSR count). The molecule has 0 spiro atoms. The van der Waals surface area contributed by atoms with Gasteiger partial charge in [-0.2, -0.15) is 0 Å². The monoisotopic (exact) mass is 560 g/mol. The Morgan fingerprint density at radius 3 is 2.57 bits per heavy atom. The molecule has 0 saturated carbocycles. The van der Waals surface area contributed by atoms with Crippen molar-refractivity contribution in [2.75, 3.05) is 11.9 Å². The summed E-state index contributed by atoms with van der Waals surface area (Å²) in [6.07, 6.45) is 3.35. The second-order valence-corrected chi connectivity index (χ2v) is 9.81. The van der Waals surface area contributed by atoms with Crippen LogP contribution in [0.15, 0.2) is 102 Å². The molecule has 212 valence electrons. The molecule has 2 heterocycles. The molecule has 2 aromatic heterocycles. The molecule has 3 aromatic carbocycles. The molecule has 0 fully saturated rings. The van der Waals surface area contributed by atoms with Gasteiger partial charge in [0, 0.05) is 46.7 Å². The molecule has 0 saturated heterocycles. The minimum atomic E-state index is -0.282. The third kappa shape index (κ3) is 6.47. The fourth-order valence-electron chi connectivity index (χ4n) is 4.73. The second-order valence-electron chi connectivity index (χ2n) is 9.81. The van der Waals surface area contributed by atoms with Gasteiger partial charge in [-0.15, -0.1) is 0 Å². The number of hydrogen-bond donors (Lipinski definition) is 5. The Balaban J connectivity index is 1.49. The molecule has 5 N–H and O–H groups in total. The first-order valence-electron chi connectivity index (χ1n) is 13.7. The first kappa shape index (κ1) is 28.1. The van der Waals surface area contributed by atoms with E-state index in [1.807, 2.05) is 68.4 Å². The average molecular weight is 561 g/mol. The lowest BCUT2D eigenvalue weighted by atomic mass is 10.0. The second kappa shape index (κ2) is 12.8. The molecule has 0 unspecified atom stereocenters. The maximum absolute atomic E-state index is 13.2. The van der Waals surface area contributed by atoms with Gasteiger partial charge in [-0.25, -0.2) is 4.79 Å². The molecule has 0 aliphatic heterocycles. The SMILES string of the molecule is CCNC(=O)Nc1cccc(CN=C(c2cccnc2)c2c(O)[nH]c3ccc(C(=O)N[C@H](C)c4ccccc4)cc23)c1. The first-order valence-corrected chi connectivity index (χ1v) is 13.7. The van der Waals surface area contributed by atoms with Gasteiger partial charge in [-0.05, 0) is 67.4 Å². The topological polar surface area (TPSA) is 132 Å². The van der Waals surface area contributed by atoms with E-state index in [1.54, 1.807) is 42.7 Å². The number of nitrogens with zero attached hydrogens (tertiary/aromatic N) is 2. The smallest absolute Gasteiger partial charge is 0.319 e. The normalized spacial score (nSPS) is 12.1. The molecule has 3 amide bonds. The van der Waals surface area contributed by atoms with E-state index >= 15 is 0 Å². The number of rotatable bonds is 9. The minimum absolute atomic E-state index is 0.0607. The highest BCUT2D eigenvalue weighted by Crippen LogP contribution is 2.31. The summed E-state index contributed by atoms with van der Waals surface area (Å²) in [7, 11) is 0. The van der Waals surface area contributed by atoms with E-state index in [0.717, 1.165) is 11.1 Å². The van der Waals surface area contributed by atoms with Crippen LogP contribution < -0.4 is 16.0 Å². The van der Waals surface area contributed by atoms with Crippen LogP contribution in [0.4, 0.5) is 10.5 Å². The summed E-state index contributed by atoms with van der Waals surface area (Å²) < 4.78 is 0. The number of nitrogens with one attached hydrogen (secondary N) is 4. The number of aliphatic imine (C=N–C) groups is 1. The summed E-state index contributed by atoms with van der Waals surface area (Å²) >= 11 is 0. The Kier molecular flexibility index (Phi) is 8.58. The van der Waals surface area contributed by atoms with Crippen molar-refractivity contribution in [1.29, 1.82) is 0 Å². The van der Waals surface area contributed by atoms with Gasteiger partial charge in [0.1, 0.15) is 0 Å². The van der Waals surface area contributed by atoms with E-state index in [9.17, 15) is 14.7 Å². The molecule has 9 nitrogen and oxygen atoms in total. The summed E-state index contributed by atoms with van der Waals surface area (Å²) in [5.41, 5.74) is 5.33. The van der Waals surface area contributed by atoms with Crippen LogP contribution in [0.1, 0.15) is 52.5 Å². The lowest BCUT2D eigenvalue weighted by Crippen LogP contribution is -2.28. The van der Waals surface area contributed by atoms with Crippen molar-refractivity contribution in [2.45, 2.75) is 26.4 Å². The fraction of sp³-hybridized carbons (Fsp3) is 0.152. The summed E-state index contributed by atoms with van der Waals surface area (Å²) in [5.74, 6) is -0.286. The zero-order chi connectivity index (χ0) is 29.5. The third-order valence-corrected chi connectivity index (χ3v) is 6.80. The Labute approximate surface area is 243 Å². The summed E-state index contributed by atoms with van der Waals surface area (Å²) in [4.78, 5) is 37.4. The van der Waals surface area contributed by atoms with Gasteiger partial charge in [-0.1, -0.05) is 42.5 Å². The minimum Gasteiger partial charge on any atom is -0.494 e. The molecule has 9 heteroatoms. The van der Waals surface area contributed by atoms with Gasteiger partial charge in [0.05, 0.1) is 23.9 Å². The summed E-state index contributed by atoms with van der Waals surface area (Å²) in [6.45, 7) is 4.59. The van der Waals surface area contributed by atoms with Crippen molar-refractivity contribution in [3.63, 3.8) is 0 Å². The van der Waals surface area contributed by atoms with Gasteiger partial charge in [0.15, 0.2) is 5.88 Å². The number of H-pyrrole nitrogens is 1. The van der Waals surface area contributed by atoms with Crippen molar-refractivity contribution in [1.82, 2.24) is 20.6 Å². The molecule has 0 radical (unpaired) electrons. The average Bonchev–Trinajstić information content (AvgIpc) is 3.33. The zero-order valence-electron chi connectivity index (χ0n) is 23.4. The number of urea groups is 1. The Morgan fingerprint density at radius 1 is 0.976 bits per heavy atom. The van der Waals surface area contributed by atoms with Crippen molar-refractivity contribution >= 4 is 34.2 Å². The number of anilines is 1. The molecule has 0 aliphatic rings. The number of carbonyl (C=O) groups is 2. The number of hydrogen-bond acceptors (Lipinski definition) is 5. The number of carbonyl (C=O) groups excluding carboxylic acids is 2. The van der Waals surface area contributed by atoms with Gasteiger partial charge in [-0.3, -0.25) is 14.8 Å². The Morgan fingerprint density at radius 2 is 1.81 bits per heavy atom. The van der Waals surface area contributed by atoms with Crippen LogP contribution in [0.25, 0.3) is 10.9 Å². The molecule has 1 atom stereocenters. The van der Waals surface area contributed by atoms with Crippen LogP contribution in [0.2, 0.25) is 0 Å². The van der Waals surface area contributed by atoms with Crippen molar-refractivity contribution in [3.8, 4) is 5.88 Å². The number of aromatic hydroxyl groups is 1. The molecule has 42 heavy (non-hydrogen) atoms. The lowest BCUT2D eigenvalue weighted by molar-refractivity contribution is 0.0940. The number of aromatic nitrogens is 2. The van der Waals surface area contributed by atoms with Crippen LogP contribution >= 0.6 is 0 Å². The number of amides is 3. The van der Waals surface area contributed by atoms with E-state index < -0.39 is 0 Å². The van der Waals surface area contributed by atoms with E-state index in [0.29, 0.717) is 45.5 Å². The van der Waals surface area contributed by atoms with Crippen molar-refractivity contribution in [3.05, 3.63) is 125 Å². The van der Waals surface area contributed by atoms with Crippen LogP contribution in [-0.4, -0.2) is 39.3 Å². The standard InChI is InChI=1S/C33H32N6O3/c1-3-35-33(42)38-26-13-7-9-22(17-26)19-36-30(25-12-8-16-34-20-25)29-27-18-24(14-15-28(27)39-32(29)41)31(40)37-21(2)23-10-5-4-6-11-23/h4-18,20-21,39,41H,3,19H2,1-2H3,(H,37,40)(H2,35,38,42)/t21-/m1/s1. The van der Waals surface area contributed by atoms with Crippen LogP contribution in [0.3, 0.4) is 0 Å². The van der Waals surface area contributed by atoms with E-state index in [2.05, 4.69) is 25.9 Å². The van der Waals surface area contributed by atoms with Crippen LogP contribution in [0, 0.1) is 0 Å². The Bertz CT molecular complexity index is 1730. The quantitative estimate of drug-likeness (QED) is 0.143. The zero-order valence-corrected chi connectivity index (χ0v) is 23.4. The molecule has 5 aromatic rings. The molecule has 0 aliphatic carbocycles. The predicted molar refractivity (Wildman–Crippen MR) is 165 cm³/mol. The molecular formula is C33H32N6O3.